The monoisotopic (exact) mass is 257 g/mol. The minimum Gasteiger partial charge on any atom is -0.336 e. The van der Waals surface area contributed by atoms with Crippen LogP contribution in [0.5, 0.6) is 0 Å². The van der Waals surface area contributed by atoms with Gasteiger partial charge in [-0.1, -0.05) is 6.07 Å². The van der Waals surface area contributed by atoms with Gasteiger partial charge in [0.15, 0.2) is 0 Å². The van der Waals surface area contributed by atoms with Crippen molar-refractivity contribution in [2.75, 3.05) is 5.32 Å². The van der Waals surface area contributed by atoms with Crippen LogP contribution in [0, 0.1) is 0 Å². The van der Waals surface area contributed by atoms with Gasteiger partial charge in [0.25, 0.3) is 0 Å². The summed E-state index contributed by atoms with van der Waals surface area (Å²) in [6, 6.07) is 5.20. The summed E-state index contributed by atoms with van der Waals surface area (Å²) in [5.41, 5.74) is 0. The molecule has 0 saturated carbocycles. The molecule has 0 saturated heterocycles. The topological polar surface area (TPSA) is 54.0 Å². The number of hydrogen-bond donors (Lipinski definition) is 2. The second-order valence-electron chi connectivity index (χ2n) is 3.10. The first-order chi connectivity index (χ1) is 6.58. The van der Waals surface area contributed by atoms with Crippen LogP contribution in [-0.4, -0.2) is 17.1 Å². The lowest BCUT2D eigenvalue weighted by molar-refractivity contribution is 0.250. The van der Waals surface area contributed by atoms with Gasteiger partial charge in [0.05, 0.1) is 0 Å². The average Bonchev–Trinajstić information content (AvgIpc) is 2.01. The highest BCUT2D eigenvalue weighted by molar-refractivity contribution is 9.10. The molecular weight excluding hydrogens is 246 g/mol. The molecule has 2 amide bonds. The van der Waals surface area contributed by atoms with Gasteiger partial charge in [0.1, 0.15) is 10.4 Å². The van der Waals surface area contributed by atoms with E-state index in [-0.39, 0.29) is 12.1 Å². The molecule has 4 nitrogen and oxygen atoms in total. The van der Waals surface area contributed by atoms with Gasteiger partial charge in [-0.3, -0.25) is 5.32 Å². The Labute approximate surface area is 91.2 Å². The van der Waals surface area contributed by atoms with Crippen LogP contribution < -0.4 is 10.6 Å². The molecule has 0 atom stereocenters. The van der Waals surface area contributed by atoms with E-state index in [0.717, 1.165) is 0 Å². The lowest BCUT2D eigenvalue weighted by atomic mass is 10.4. The largest absolute Gasteiger partial charge is 0.336 e. The minimum absolute atomic E-state index is 0.113. The number of urea groups is 1. The molecule has 0 aliphatic heterocycles. The Morgan fingerprint density at radius 2 is 2.21 bits per heavy atom. The van der Waals surface area contributed by atoms with Crippen molar-refractivity contribution in [3.05, 3.63) is 22.8 Å². The SMILES string of the molecule is CC(C)NC(=O)Nc1cccc(Br)n1. The number of nitrogens with zero attached hydrogens (tertiary/aromatic N) is 1. The summed E-state index contributed by atoms with van der Waals surface area (Å²) in [6.45, 7) is 3.79. The number of amides is 2. The number of halogens is 1. The number of carbonyl (C=O) groups excluding carboxylic acids is 1. The van der Waals surface area contributed by atoms with E-state index >= 15 is 0 Å². The number of anilines is 1. The summed E-state index contributed by atoms with van der Waals surface area (Å²) in [4.78, 5) is 15.3. The number of pyridine rings is 1. The first-order valence-electron chi connectivity index (χ1n) is 4.28. The lowest BCUT2D eigenvalue weighted by Crippen LogP contribution is -2.34. The summed E-state index contributed by atoms with van der Waals surface area (Å²) < 4.78 is 0.694. The van der Waals surface area contributed by atoms with Crippen LogP contribution in [0.4, 0.5) is 10.6 Å². The highest BCUT2D eigenvalue weighted by Crippen LogP contribution is 2.09. The smallest absolute Gasteiger partial charge is 0.320 e. The first kappa shape index (κ1) is 11.0. The van der Waals surface area contributed by atoms with Crippen molar-refractivity contribution < 1.29 is 4.79 Å². The van der Waals surface area contributed by atoms with E-state index < -0.39 is 0 Å². The molecule has 0 fully saturated rings. The Kier molecular flexibility index (Phi) is 3.88. The van der Waals surface area contributed by atoms with Crippen LogP contribution in [0.1, 0.15) is 13.8 Å². The maximum atomic E-state index is 11.3. The lowest BCUT2D eigenvalue weighted by Gasteiger charge is -2.09. The first-order valence-corrected chi connectivity index (χ1v) is 5.07. The number of aromatic nitrogens is 1. The second-order valence-corrected chi connectivity index (χ2v) is 3.91. The molecular formula is C9H12BrN3O. The van der Waals surface area contributed by atoms with Gasteiger partial charge >= 0.3 is 6.03 Å². The highest BCUT2D eigenvalue weighted by Gasteiger charge is 2.03. The van der Waals surface area contributed by atoms with E-state index in [4.69, 9.17) is 0 Å². The van der Waals surface area contributed by atoms with Crippen molar-refractivity contribution >= 4 is 27.8 Å². The van der Waals surface area contributed by atoms with Gasteiger partial charge < -0.3 is 5.32 Å². The van der Waals surface area contributed by atoms with Crippen molar-refractivity contribution in [2.45, 2.75) is 19.9 Å². The van der Waals surface area contributed by atoms with Crippen LogP contribution in [0.25, 0.3) is 0 Å². The maximum Gasteiger partial charge on any atom is 0.320 e. The van der Waals surface area contributed by atoms with Crippen molar-refractivity contribution in [3.63, 3.8) is 0 Å². The molecule has 5 heteroatoms. The molecule has 1 rings (SSSR count). The van der Waals surface area contributed by atoms with Gasteiger partial charge in [-0.05, 0) is 41.9 Å². The van der Waals surface area contributed by atoms with Crippen molar-refractivity contribution in [3.8, 4) is 0 Å². The minimum atomic E-state index is -0.245. The molecule has 1 aromatic heterocycles. The van der Waals surface area contributed by atoms with E-state index in [1.165, 1.54) is 0 Å². The molecule has 2 N–H and O–H groups in total. The fourth-order valence-corrected chi connectivity index (χ4v) is 1.24. The summed E-state index contributed by atoms with van der Waals surface area (Å²) in [5, 5.41) is 5.33. The number of nitrogens with one attached hydrogen (secondary N) is 2. The van der Waals surface area contributed by atoms with Gasteiger partial charge in [-0.25, -0.2) is 9.78 Å². The second kappa shape index (κ2) is 4.95. The molecule has 1 heterocycles. The molecule has 0 unspecified atom stereocenters. The summed E-state index contributed by atoms with van der Waals surface area (Å²) in [7, 11) is 0. The number of rotatable bonds is 2. The van der Waals surface area contributed by atoms with Crippen LogP contribution in [0.15, 0.2) is 22.8 Å². The molecule has 0 aromatic carbocycles. The molecule has 1 aromatic rings. The molecule has 76 valence electrons. The van der Waals surface area contributed by atoms with Crippen molar-refractivity contribution in [1.29, 1.82) is 0 Å². The van der Waals surface area contributed by atoms with Gasteiger partial charge in [0.2, 0.25) is 0 Å². The van der Waals surface area contributed by atoms with Crippen LogP contribution in [-0.2, 0) is 0 Å². The molecule has 0 aliphatic carbocycles. The van der Waals surface area contributed by atoms with E-state index in [9.17, 15) is 4.79 Å². The Hall–Kier alpha value is -1.10. The number of carbonyl (C=O) groups is 1. The molecule has 0 aliphatic rings. The molecule has 14 heavy (non-hydrogen) atoms. The quantitative estimate of drug-likeness (QED) is 0.800. The average molecular weight is 258 g/mol. The van der Waals surface area contributed by atoms with Gasteiger partial charge in [-0.15, -0.1) is 0 Å². The highest BCUT2D eigenvalue weighted by atomic mass is 79.9. The maximum absolute atomic E-state index is 11.3. The van der Waals surface area contributed by atoms with E-state index in [0.29, 0.717) is 10.4 Å². The fourth-order valence-electron chi connectivity index (χ4n) is 0.892. The summed E-state index contributed by atoms with van der Waals surface area (Å²) >= 11 is 3.22. The van der Waals surface area contributed by atoms with Gasteiger partial charge in [-0.2, -0.15) is 0 Å². The van der Waals surface area contributed by atoms with Crippen molar-refractivity contribution in [2.24, 2.45) is 0 Å². The standard InChI is InChI=1S/C9H12BrN3O/c1-6(2)11-9(14)13-8-5-3-4-7(10)12-8/h3-6H,1-2H3,(H2,11,12,13,14). The van der Waals surface area contributed by atoms with Crippen molar-refractivity contribution in [1.82, 2.24) is 10.3 Å². The molecule has 0 bridgehead atoms. The number of hydrogen-bond acceptors (Lipinski definition) is 2. The molecule has 0 radical (unpaired) electrons. The Bertz CT molecular complexity index is 328. The van der Waals surface area contributed by atoms with E-state index in [1.807, 2.05) is 19.9 Å². The zero-order chi connectivity index (χ0) is 10.6. The predicted molar refractivity (Wildman–Crippen MR) is 59.2 cm³/mol. The Morgan fingerprint density at radius 3 is 2.79 bits per heavy atom. The zero-order valence-corrected chi connectivity index (χ0v) is 9.63. The molecule has 0 spiro atoms. The van der Waals surface area contributed by atoms with Gasteiger partial charge in [0, 0.05) is 6.04 Å². The predicted octanol–water partition coefficient (Wildman–Crippen LogP) is 2.37. The van der Waals surface area contributed by atoms with E-state index in [1.54, 1.807) is 12.1 Å². The Balaban J connectivity index is 2.56. The van der Waals surface area contributed by atoms with Crippen LogP contribution in [0.3, 0.4) is 0 Å². The normalized spacial score (nSPS) is 10.0. The fraction of sp³-hybridized carbons (Fsp3) is 0.333. The third-order valence-electron chi connectivity index (χ3n) is 1.38. The summed E-state index contributed by atoms with van der Waals surface area (Å²) in [5.74, 6) is 0.525. The third kappa shape index (κ3) is 3.74. The van der Waals surface area contributed by atoms with Crippen LogP contribution in [0.2, 0.25) is 0 Å². The zero-order valence-electron chi connectivity index (χ0n) is 8.04. The summed E-state index contributed by atoms with van der Waals surface area (Å²) in [6.07, 6.45) is 0. The van der Waals surface area contributed by atoms with Crippen LogP contribution >= 0.6 is 15.9 Å². The third-order valence-corrected chi connectivity index (χ3v) is 1.82. The van der Waals surface area contributed by atoms with E-state index in [2.05, 4.69) is 31.5 Å². The Morgan fingerprint density at radius 1 is 1.50 bits per heavy atom.